The number of hydrogen-bond acceptors (Lipinski definition) is 18. The molecule has 9 aromatic rings. The van der Waals surface area contributed by atoms with E-state index in [1.807, 2.05) is 30.3 Å². The Morgan fingerprint density at radius 1 is 0.267 bits per heavy atom. The molecule has 9 rings (SSSR count). The first kappa shape index (κ1) is 36.6. The van der Waals surface area contributed by atoms with Gasteiger partial charge in [-0.3, -0.25) is 0 Å². The Labute approximate surface area is 330 Å². The van der Waals surface area contributed by atoms with E-state index in [0.29, 0.717) is 21.9 Å². The van der Waals surface area contributed by atoms with E-state index in [1.165, 1.54) is 18.2 Å². The summed E-state index contributed by atoms with van der Waals surface area (Å²) < 4.78 is 6.09. The molecule has 0 aliphatic heterocycles. The normalized spacial score (nSPS) is 11.8. The van der Waals surface area contributed by atoms with E-state index in [1.54, 1.807) is 6.07 Å². The van der Waals surface area contributed by atoms with E-state index in [-0.39, 0.29) is 5.56 Å². The third kappa shape index (κ3) is 4.45. The predicted molar refractivity (Wildman–Crippen MR) is 211 cm³/mol. The SMILES string of the molecule is Oc1c(O)c(O)c(-c2c(O)c(O)c(O)c(-c3c4c(O)c(O)c(O)c(O)c4c(-c4ccc5oc6cc7ccccc7cc6c5c4)c4c(O)c(O)c(O)c(O)c34)c2O)c(O)c1O. The summed E-state index contributed by atoms with van der Waals surface area (Å²) in [5.74, 6) is -25.1. The number of aromatic hydroxyl groups is 17. The third-order valence-electron chi connectivity index (χ3n) is 10.7. The van der Waals surface area contributed by atoms with Crippen LogP contribution in [0.2, 0.25) is 0 Å². The van der Waals surface area contributed by atoms with Gasteiger partial charge in [0.25, 0.3) is 0 Å². The molecular formula is C42H26O18. The van der Waals surface area contributed by atoms with Crippen molar-refractivity contribution in [1.29, 1.82) is 0 Å². The van der Waals surface area contributed by atoms with Gasteiger partial charge in [-0.1, -0.05) is 30.3 Å². The first-order valence-electron chi connectivity index (χ1n) is 17.2. The van der Waals surface area contributed by atoms with E-state index in [4.69, 9.17) is 4.42 Å². The van der Waals surface area contributed by atoms with Crippen molar-refractivity contribution in [3.8, 4) is 131 Å². The highest BCUT2D eigenvalue weighted by molar-refractivity contribution is 6.30. The number of phenols is 17. The number of fused-ring (bicyclic) bond motifs is 6. The van der Waals surface area contributed by atoms with Gasteiger partial charge in [-0.05, 0) is 40.6 Å². The molecule has 0 atom stereocenters. The molecule has 0 saturated heterocycles. The molecule has 0 radical (unpaired) electrons. The maximum Gasteiger partial charge on any atom is 0.208 e. The lowest BCUT2D eigenvalue weighted by Gasteiger charge is -2.24. The smallest absolute Gasteiger partial charge is 0.208 e. The molecule has 302 valence electrons. The Morgan fingerprint density at radius 3 is 1.10 bits per heavy atom. The van der Waals surface area contributed by atoms with Gasteiger partial charge in [0.15, 0.2) is 46.0 Å². The van der Waals surface area contributed by atoms with Crippen LogP contribution >= 0.6 is 0 Å². The van der Waals surface area contributed by atoms with Crippen LogP contribution in [0.4, 0.5) is 0 Å². The molecule has 1 heterocycles. The zero-order valence-corrected chi connectivity index (χ0v) is 29.7. The van der Waals surface area contributed by atoms with E-state index in [0.717, 1.165) is 10.8 Å². The van der Waals surface area contributed by atoms with Crippen molar-refractivity contribution >= 4 is 54.3 Å². The lowest BCUT2D eigenvalue weighted by molar-refractivity contribution is 0.329. The van der Waals surface area contributed by atoms with Crippen molar-refractivity contribution in [3.05, 3.63) is 54.6 Å². The van der Waals surface area contributed by atoms with E-state index >= 15 is 0 Å². The second kappa shape index (κ2) is 12.0. The second-order valence-electron chi connectivity index (χ2n) is 13.8. The zero-order valence-electron chi connectivity index (χ0n) is 29.7. The molecule has 1 aromatic heterocycles. The number of benzene rings is 8. The molecule has 0 aliphatic carbocycles. The number of rotatable bonds is 3. The van der Waals surface area contributed by atoms with Crippen molar-refractivity contribution in [2.24, 2.45) is 0 Å². The third-order valence-corrected chi connectivity index (χ3v) is 10.7. The molecule has 8 aromatic carbocycles. The number of hydrogen-bond donors (Lipinski definition) is 17. The maximum atomic E-state index is 11.9. The van der Waals surface area contributed by atoms with Crippen molar-refractivity contribution in [1.82, 2.24) is 0 Å². The van der Waals surface area contributed by atoms with Gasteiger partial charge in [0.2, 0.25) is 46.0 Å². The lowest BCUT2D eigenvalue weighted by atomic mass is 9.82. The van der Waals surface area contributed by atoms with Gasteiger partial charge in [0, 0.05) is 43.4 Å². The summed E-state index contributed by atoms with van der Waals surface area (Å²) in [4.78, 5) is 0. The average molecular weight is 819 g/mol. The molecule has 0 saturated carbocycles. The van der Waals surface area contributed by atoms with Crippen molar-refractivity contribution in [2.75, 3.05) is 0 Å². The summed E-state index contributed by atoms with van der Waals surface area (Å²) in [6.07, 6.45) is 0. The summed E-state index contributed by atoms with van der Waals surface area (Å²) in [5.41, 5.74) is -4.79. The Balaban J connectivity index is 1.53. The molecule has 0 aliphatic rings. The topological polar surface area (TPSA) is 357 Å². The summed E-state index contributed by atoms with van der Waals surface area (Å²) >= 11 is 0. The Morgan fingerprint density at radius 2 is 0.617 bits per heavy atom. The number of phenolic OH excluding ortho intramolecular Hbond substituents is 17. The lowest BCUT2D eigenvalue weighted by Crippen LogP contribution is -1.96. The van der Waals surface area contributed by atoms with Gasteiger partial charge in [-0.25, -0.2) is 0 Å². The molecule has 18 nitrogen and oxygen atoms in total. The van der Waals surface area contributed by atoms with Crippen molar-refractivity contribution < 1.29 is 91.2 Å². The van der Waals surface area contributed by atoms with Gasteiger partial charge in [-0.15, -0.1) is 0 Å². The van der Waals surface area contributed by atoms with Crippen molar-refractivity contribution in [3.63, 3.8) is 0 Å². The van der Waals surface area contributed by atoms with Crippen LogP contribution < -0.4 is 0 Å². The minimum atomic E-state index is -1.63. The van der Waals surface area contributed by atoms with E-state index in [2.05, 4.69) is 0 Å². The molecular weight excluding hydrogens is 792 g/mol. The minimum absolute atomic E-state index is 0.0490. The van der Waals surface area contributed by atoms with Gasteiger partial charge < -0.3 is 91.2 Å². The Kier molecular flexibility index (Phi) is 7.30. The van der Waals surface area contributed by atoms with E-state index < -0.39 is 147 Å². The highest BCUT2D eigenvalue weighted by Gasteiger charge is 2.38. The summed E-state index contributed by atoms with van der Waals surface area (Å²) in [7, 11) is 0. The fourth-order valence-corrected chi connectivity index (χ4v) is 7.87. The number of furan rings is 1. The van der Waals surface area contributed by atoms with Crippen LogP contribution in [0.25, 0.3) is 87.6 Å². The monoisotopic (exact) mass is 818 g/mol. The molecule has 0 bridgehead atoms. The minimum Gasteiger partial charge on any atom is -0.506 e. The molecule has 17 N–H and O–H groups in total. The summed E-state index contributed by atoms with van der Waals surface area (Å²) in [6, 6.07) is 15.2. The van der Waals surface area contributed by atoms with Crippen molar-refractivity contribution in [2.45, 2.75) is 0 Å². The van der Waals surface area contributed by atoms with E-state index in [9.17, 15) is 86.8 Å². The molecule has 0 unspecified atom stereocenters. The molecule has 60 heavy (non-hydrogen) atoms. The van der Waals surface area contributed by atoms with Crippen LogP contribution in [0.15, 0.2) is 59.0 Å². The Bertz CT molecular complexity index is 3350. The molecule has 0 fully saturated rings. The largest absolute Gasteiger partial charge is 0.506 e. The second-order valence-corrected chi connectivity index (χ2v) is 13.8. The van der Waals surface area contributed by atoms with Crippen LogP contribution in [-0.4, -0.2) is 86.8 Å². The summed E-state index contributed by atoms with van der Waals surface area (Å²) in [5, 5.41) is 187. The molecule has 0 amide bonds. The van der Waals surface area contributed by atoms with Crippen LogP contribution in [0.3, 0.4) is 0 Å². The Hall–Kier alpha value is -9.06. The van der Waals surface area contributed by atoms with Gasteiger partial charge in [0.05, 0.1) is 16.7 Å². The van der Waals surface area contributed by atoms with Crippen LogP contribution in [0.5, 0.6) is 97.7 Å². The first-order chi connectivity index (χ1) is 28.4. The fourth-order valence-electron chi connectivity index (χ4n) is 7.87. The molecule has 0 spiro atoms. The van der Waals surface area contributed by atoms with Crippen LogP contribution in [0.1, 0.15) is 0 Å². The van der Waals surface area contributed by atoms with Crippen LogP contribution in [0, 0.1) is 0 Å². The van der Waals surface area contributed by atoms with Gasteiger partial charge in [-0.2, -0.15) is 0 Å². The standard InChI is InChI=1S/C42H26O18/c43-26-23(31(48)35(52)32(49)24(26)25-33(50)40(57)42(59)41(58)34(25)51)18-21-19(27(44)36(53)38(55)29(21)46)17(20-22(18)30(47)39(56)37(54)28(20)45)12-5-6-15-13(8-12)14-7-10-3-1-2-4-11(10)9-16(14)60-15/h1-9,43-59H. The highest BCUT2D eigenvalue weighted by Crippen LogP contribution is 2.67. The fraction of sp³-hybridized carbons (Fsp3) is 0. The summed E-state index contributed by atoms with van der Waals surface area (Å²) in [6.45, 7) is 0. The maximum absolute atomic E-state index is 11.9. The average Bonchev–Trinajstić information content (AvgIpc) is 3.60. The first-order valence-corrected chi connectivity index (χ1v) is 17.2. The molecule has 18 heteroatoms. The predicted octanol–water partition coefficient (Wildman–Crippen LogP) is 7.04. The van der Waals surface area contributed by atoms with Gasteiger partial charge >= 0.3 is 0 Å². The van der Waals surface area contributed by atoms with Gasteiger partial charge in [0.1, 0.15) is 16.9 Å². The zero-order chi connectivity index (χ0) is 43.1. The van der Waals surface area contributed by atoms with Crippen LogP contribution in [-0.2, 0) is 0 Å². The quantitative estimate of drug-likeness (QED) is 0.0482. The highest BCUT2D eigenvalue weighted by atomic mass is 16.4.